The molecule has 2 heteroatoms. The Kier molecular flexibility index (Phi) is 7.81. The fourth-order valence-corrected chi connectivity index (χ4v) is 0. The number of hydrogen-bond acceptors (Lipinski definition) is 1. The molecule has 0 aliphatic carbocycles. The standard InChI is InChI=1S/C3H6O.Pd/c1-3(2)4;/h1-2H3;. The van der Waals surface area contributed by atoms with Gasteiger partial charge in [0.2, 0.25) is 0 Å². The molecule has 0 aliphatic rings. The Bertz CT molecular complexity index is 29.9. The molecule has 0 aliphatic heterocycles. The molecule has 0 radical (unpaired) electrons. The molecule has 0 unspecified atom stereocenters. The number of carbonyl (C=O) groups excluding carboxylic acids is 1. The van der Waals surface area contributed by atoms with Gasteiger partial charge >= 0.3 is 0 Å². The number of hydrogen-bond donors (Lipinski definition) is 0. The van der Waals surface area contributed by atoms with E-state index in [0.29, 0.717) is 0 Å². The van der Waals surface area contributed by atoms with Gasteiger partial charge in [0.15, 0.2) is 0 Å². The third-order valence-corrected chi connectivity index (χ3v) is 0. The number of rotatable bonds is 0. The molecule has 0 atom stereocenters. The van der Waals surface area contributed by atoms with Crippen LogP contribution < -0.4 is 0 Å². The van der Waals surface area contributed by atoms with Crippen LogP contribution in [-0.4, -0.2) is 5.78 Å². The fraction of sp³-hybridized carbons (Fsp3) is 0.667. The van der Waals surface area contributed by atoms with Crippen LogP contribution in [-0.2, 0) is 25.2 Å². The van der Waals surface area contributed by atoms with Gasteiger partial charge in [0.1, 0.15) is 5.78 Å². The first-order valence-electron chi connectivity index (χ1n) is 1.20. The molecule has 0 saturated heterocycles. The molecule has 0 amide bonds. The van der Waals surface area contributed by atoms with Crippen LogP contribution in [0.2, 0.25) is 0 Å². The molecule has 0 N–H and O–H groups in total. The molecular weight excluding hydrogens is 158 g/mol. The largest absolute Gasteiger partial charge is 0.300 e. The van der Waals surface area contributed by atoms with E-state index < -0.39 is 0 Å². The second kappa shape index (κ2) is 4.33. The van der Waals surface area contributed by atoms with Crippen molar-refractivity contribution in [1.82, 2.24) is 0 Å². The summed E-state index contributed by atoms with van der Waals surface area (Å²) >= 11 is 0. The summed E-state index contributed by atoms with van der Waals surface area (Å²) in [5, 5.41) is 0. The van der Waals surface area contributed by atoms with Crippen molar-refractivity contribution in [1.29, 1.82) is 0 Å². The molecule has 0 aromatic rings. The van der Waals surface area contributed by atoms with E-state index in [1.807, 2.05) is 0 Å². The smallest absolute Gasteiger partial charge is 0.126 e. The van der Waals surface area contributed by atoms with Gasteiger partial charge in [0, 0.05) is 20.4 Å². The van der Waals surface area contributed by atoms with E-state index in [9.17, 15) is 4.79 Å². The summed E-state index contributed by atoms with van der Waals surface area (Å²) in [7, 11) is 0. The van der Waals surface area contributed by atoms with E-state index in [0.717, 1.165) is 0 Å². The predicted octanol–water partition coefficient (Wildman–Crippen LogP) is 0.593. The number of carbonyl (C=O) groups is 1. The minimum Gasteiger partial charge on any atom is -0.300 e. The van der Waals surface area contributed by atoms with Gasteiger partial charge in [-0.15, -0.1) is 0 Å². The number of Topliss-reactive ketones (excluding diaryl/α,β-unsaturated/α-hetero) is 1. The molecule has 0 rings (SSSR count). The normalized spacial score (nSPS) is 5.20. The van der Waals surface area contributed by atoms with Crippen molar-refractivity contribution >= 4 is 5.78 Å². The van der Waals surface area contributed by atoms with Gasteiger partial charge in [-0.1, -0.05) is 0 Å². The van der Waals surface area contributed by atoms with Crippen molar-refractivity contribution in [3.63, 3.8) is 0 Å². The third-order valence-electron chi connectivity index (χ3n) is 0. The van der Waals surface area contributed by atoms with Crippen LogP contribution in [0.5, 0.6) is 0 Å². The zero-order valence-electron chi connectivity index (χ0n) is 3.22. The Morgan fingerprint density at radius 1 is 1.40 bits per heavy atom. The first kappa shape index (κ1) is 9.01. The molecule has 34 valence electrons. The van der Waals surface area contributed by atoms with Crippen LogP contribution in [0.1, 0.15) is 13.8 Å². The average molecular weight is 164 g/mol. The van der Waals surface area contributed by atoms with Crippen molar-refractivity contribution in [3.05, 3.63) is 0 Å². The summed E-state index contributed by atoms with van der Waals surface area (Å²) < 4.78 is 0. The zero-order chi connectivity index (χ0) is 3.58. The maximum absolute atomic E-state index is 9.44. The van der Waals surface area contributed by atoms with E-state index in [-0.39, 0.29) is 26.2 Å². The molecule has 0 bridgehead atoms. The maximum atomic E-state index is 9.44. The van der Waals surface area contributed by atoms with Crippen molar-refractivity contribution in [2.24, 2.45) is 0 Å². The quantitative estimate of drug-likeness (QED) is 0.479. The molecule has 0 aromatic heterocycles. The fourth-order valence-electron chi connectivity index (χ4n) is 0. The average Bonchev–Trinajstić information content (AvgIpc) is 0.811. The first-order chi connectivity index (χ1) is 1.73. The van der Waals surface area contributed by atoms with Gasteiger partial charge in [0.05, 0.1) is 0 Å². The topological polar surface area (TPSA) is 17.1 Å². The Morgan fingerprint density at radius 2 is 1.40 bits per heavy atom. The van der Waals surface area contributed by atoms with Gasteiger partial charge in [-0.3, -0.25) is 0 Å². The Hall–Kier alpha value is 0.332. The number of ketones is 1. The van der Waals surface area contributed by atoms with Crippen molar-refractivity contribution in [2.75, 3.05) is 0 Å². The van der Waals surface area contributed by atoms with E-state index in [4.69, 9.17) is 0 Å². The van der Waals surface area contributed by atoms with Crippen LogP contribution in [0.25, 0.3) is 0 Å². The maximum Gasteiger partial charge on any atom is 0.126 e. The monoisotopic (exact) mass is 164 g/mol. The molecule has 5 heavy (non-hydrogen) atoms. The summed E-state index contributed by atoms with van der Waals surface area (Å²) in [6.45, 7) is 3.06. The predicted molar refractivity (Wildman–Crippen MR) is 16.4 cm³/mol. The van der Waals surface area contributed by atoms with Crippen molar-refractivity contribution in [2.45, 2.75) is 13.8 Å². The van der Waals surface area contributed by atoms with Crippen LogP contribution >= 0.6 is 0 Å². The Morgan fingerprint density at radius 3 is 1.40 bits per heavy atom. The summed E-state index contributed by atoms with van der Waals surface area (Å²) in [6, 6.07) is 0. The van der Waals surface area contributed by atoms with Gasteiger partial charge < -0.3 is 4.79 Å². The third kappa shape index (κ3) is 213. The minimum absolute atomic E-state index is 0. The zero-order valence-corrected chi connectivity index (χ0v) is 4.78. The van der Waals surface area contributed by atoms with Gasteiger partial charge in [-0.2, -0.15) is 0 Å². The Labute approximate surface area is 45.4 Å². The van der Waals surface area contributed by atoms with Gasteiger partial charge in [-0.05, 0) is 13.8 Å². The summed E-state index contributed by atoms with van der Waals surface area (Å²) in [4.78, 5) is 9.44. The van der Waals surface area contributed by atoms with Gasteiger partial charge in [-0.25, -0.2) is 0 Å². The van der Waals surface area contributed by atoms with E-state index in [1.54, 1.807) is 0 Å². The minimum atomic E-state index is 0. The first-order valence-corrected chi connectivity index (χ1v) is 1.20. The van der Waals surface area contributed by atoms with Crippen LogP contribution in [0.15, 0.2) is 0 Å². The second-order valence-electron chi connectivity index (χ2n) is 0.908. The molecule has 1 nitrogen and oxygen atoms in total. The molecule has 0 spiro atoms. The summed E-state index contributed by atoms with van der Waals surface area (Å²) in [5.74, 6) is 0.167. The molecule has 0 saturated carbocycles. The molecular formula is C3H6OPd. The summed E-state index contributed by atoms with van der Waals surface area (Å²) in [5.41, 5.74) is 0. The van der Waals surface area contributed by atoms with E-state index >= 15 is 0 Å². The molecule has 0 fully saturated rings. The van der Waals surface area contributed by atoms with Crippen LogP contribution in [0.3, 0.4) is 0 Å². The van der Waals surface area contributed by atoms with Gasteiger partial charge in [0.25, 0.3) is 0 Å². The van der Waals surface area contributed by atoms with Crippen LogP contribution in [0, 0.1) is 0 Å². The summed E-state index contributed by atoms with van der Waals surface area (Å²) in [6.07, 6.45) is 0. The van der Waals surface area contributed by atoms with Crippen molar-refractivity contribution in [3.8, 4) is 0 Å². The van der Waals surface area contributed by atoms with Crippen molar-refractivity contribution < 1.29 is 25.2 Å². The SMILES string of the molecule is CC(C)=O.[Pd]. The molecule has 0 aromatic carbocycles. The van der Waals surface area contributed by atoms with E-state index in [1.165, 1.54) is 13.8 Å². The second-order valence-corrected chi connectivity index (χ2v) is 0.908. The Balaban J connectivity index is 0. The van der Waals surface area contributed by atoms with E-state index in [2.05, 4.69) is 0 Å². The van der Waals surface area contributed by atoms with Crippen LogP contribution in [0.4, 0.5) is 0 Å². The molecule has 0 heterocycles.